The molecule has 1 saturated heterocycles. The number of aliphatic hydroxyl groups excluding tert-OH is 1. The van der Waals surface area contributed by atoms with E-state index in [1.54, 1.807) is 7.11 Å². The first kappa shape index (κ1) is 10.9. The van der Waals surface area contributed by atoms with E-state index in [2.05, 4.69) is 11.8 Å². The third-order valence-corrected chi connectivity index (χ3v) is 2.37. The number of aliphatic hydroxyl groups is 1. The van der Waals surface area contributed by atoms with E-state index in [4.69, 9.17) is 14.6 Å². The lowest BCUT2D eigenvalue weighted by Gasteiger charge is -2.37. The summed E-state index contributed by atoms with van der Waals surface area (Å²) >= 11 is 0. The van der Waals surface area contributed by atoms with Gasteiger partial charge in [0.05, 0.1) is 25.9 Å². The zero-order valence-corrected chi connectivity index (χ0v) is 8.40. The lowest BCUT2D eigenvalue weighted by Crippen LogP contribution is -2.50. The molecule has 1 N–H and O–H groups in total. The van der Waals surface area contributed by atoms with Crippen molar-refractivity contribution in [2.75, 3.05) is 40.0 Å². The summed E-state index contributed by atoms with van der Waals surface area (Å²) in [5.74, 6) is 0. The van der Waals surface area contributed by atoms with Crippen molar-refractivity contribution in [3.8, 4) is 0 Å². The average Bonchev–Trinajstić information content (AvgIpc) is 2.12. The van der Waals surface area contributed by atoms with Crippen molar-refractivity contribution in [1.29, 1.82) is 0 Å². The van der Waals surface area contributed by atoms with E-state index in [-0.39, 0.29) is 12.7 Å². The summed E-state index contributed by atoms with van der Waals surface area (Å²) in [6.45, 7) is 5.27. The van der Waals surface area contributed by atoms with Crippen LogP contribution in [-0.4, -0.2) is 62.2 Å². The second-order valence-corrected chi connectivity index (χ2v) is 3.48. The van der Waals surface area contributed by atoms with Crippen molar-refractivity contribution in [3.05, 3.63) is 0 Å². The Kier molecular flexibility index (Phi) is 4.66. The Balaban J connectivity index is 2.33. The second-order valence-electron chi connectivity index (χ2n) is 3.48. The van der Waals surface area contributed by atoms with E-state index in [0.717, 1.165) is 19.7 Å². The molecular formula is C9H19NO3. The molecule has 0 aromatic carbocycles. The first-order chi connectivity index (χ1) is 6.27. The molecule has 0 amide bonds. The molecule has 1 aliphatic rings. The van der Waals surface area contributed by atoms with Gasteiger partial charge in [0.2, 0.25) is 0 Å². The highest BCUT2D eigenvalue weighted by molar-refractivity contribution is 4.76. The molecule has 2 atom stereocenters. The lowest BCUT2D eigenvalue weighted by atomic mass is 10.2. The van der Waals surface area contributed by atoms with Gasteiger partial charge in [-0.05, 0) is 6.92 Å². The van der Waals surface area contributed by atoms with Gasteiger partial charge in [-0.15, -0.1) is 0 Å². The van der Waals surface area contributed by atoms with E-state index < -0.39 is 0 Å². The molecule has 0 radical (unpaired) electrons. The molecule has 0 aromatic heterocycles. The second kappa shape index (κ2) is 5.54. The van der Waals surface area contributed by atoms with Gasteiger partial charge in [-0.2, -0.15) is 0 Å². The fourth-order valence-electron chi connectivity index (χ4n) is 1.60. The van der Waals surface area contributed by atoms with Crippen LogP contribution in [0.1, 0.15) is 6.92 Å². The summed E-state index contributed by atoms with van der Waals surface area (Å²) in [5.41, 5.74) is 0. The van der Waals surface area contributed by atoms with Gasteiger partial charge in [0.1, 0.15) is 0 Å². The third kappa shape index (κ3) is 3.23. The fraction of sp³-hybridized carbons (Fsp3) is 1.00. The van der Waals surface area contributed by atoms with Crippen LogP contribution in [0.25, 0.3) is 0 Å². The molecule has 0 aliphatic carbocycles. The first-order valence-electron chi connectivity index (χ1n) is 4.73. The van der Waals surface area contributed by atoms with Gasteiger partial charge in [-0.1, -0.05) is 0 Å². The van der Waals surface area contributed by atoms with E-state index in [9.17, 15) is 0 Å². The van der Waals surface area contributed by atoms with E-state index in [1.807, 2.05) is 0 Å². The van der Waals surface area contributed by atoms with E-state index in [1.165, 1.54) is 0 Å². The third-order valence-electron chi connectivity index (χ3n) is 2.37. The number of hydrogen-bond acceptors (Lipinski definition) is 4. The van der Waals surface area contributed by atoms with Crippen molar-refractivity contribution in [2.45, 2.75) is 19.1 Å². The zero-order chi connectivity index (χ0) is 9.68. The SMILES string of the molecule is COCC1CN(CCO)C(C)CO1. The number of rotatable bonds is 4. The summed E-state index contributed by atoms with van der Waals surface area (Å²) in [7, 11) is 1.68. The van der Waals surface area contributed by atoms with Gasteiger partial charge in [0.15, 0.2) is 0 Å². The quantitative estimate of drug-likeness (QED) is 0.660. The number of morpholine rings is 1. The van der Waals surface area contributed by atoms with Crippen LogP contribution in [-0.2, 0) is 9.47 Å². The van der Waals surface area contributed by atoms with Gasteiger partial charge >= 0.3 is 0 Å². The Morgan fingerprint density at radius 2 is 2.38 bits per heavy atom. The van der Waals surface area contributed by atoms with Crippen molar-refractivity contribution >= 4 is 0 Å². The highest BCUT2D eigenvalue weighted by atomic mass is 16.5. The number of ether oxygens (including phenoxy) is 2. The van der Waals surface area contributed by atoms with Crippen LogP contribution in [0.15, 0.2) is 0 Å². The standard InChI is InChI=1S/C9H19NO3/c1-8-6-13-9(7-12-2)5-10(8)3-4-11/h8-9,11H,3-7H2,1-2H3. The lowest BCUT2D eigenvalue weighted by molar-refractivity contribution is -0.0866. The Hall–Kier alpha value is -0.160. The van der Waals surface area contributed by atoms with Gasteiger partial charge in [0, 0.05) is 26.2 Å². The normalized spacial score (nSPS) is 30.7. The molecule has 1 fully saturated rings. The summed E-state index contributed by atoms with van der Waals surface area (Å²) in [5, 5.41) is 8.84. The molecular weight excluding hydrogens is 170 g/mol. The van der Waals surface area contributed by atoms with Gasteiger partial charge in [-0.25, -0.2) is 0 Å². The molecule has 0 aromatic rings. The maximum absolute atomic E-state index is 8.84. The molecule has 0 spiro atoms. The van der Waals surface area contributed by atoms with Gasteiger partial charge in [-0.3, -0.25) is 4.90 Å². The van der Waals surface area contributed by atoms with Gasteiger partial charge in [0.25, 0.3) is 0 Å². The number of hydrogen-bond donors (Lipinski definition) is 1. The fourth-order valence-corrected chi connectivity index (χ4v) is 1.60. The maximum Gasteiger partial charge on any atom is 0.0935 e. The number of β-amino-alcohol motifs (C(OH)–C–C–N with tert-alkyl or cyclic N) is 1. The zero-order valence-electron chi connectivity index (χ0n) is 8.40. The van der Waals surface area contributed by atoms with Crippen LogP contribution < -0.4 is 0 Å². The summed E-state index contributed by atoms with van der Waals surface area (Å²) in [4.78, 5) is 2.23. The maximum atomic E-state index is 8.84. The predicted molar refractivity (Wildman–Crippen MR) is 49.7 cm³/mol. The number of nitrogens with zero attached hydrogens (tertiary/aromatic N) is 1. The highest BCUT2D eigenvalue weighted by Crippen LogP contribution is 2.10. The van der Waals surface area contributed by atoms with Crippen LogP contribution >= 0.6 is 0 Å². The highest BCUT2D eigenvalue weighted by Gasteiger charge is 2.25. The average molecular weight is 189 g/mol. The molecule has 2 unspecified atom stereocenters. The minimum Gasteiger partial charge on any atom is -0.395 e. The Labute approximate surface area is 79.4 Å². The summed E-state index contributed by atoms with van der Waals surface area (Å²) in [6.07, 6.45) is 0.160. The molecule has 1 rings (SSSR count). The first-order valence-corrected chi connectivity index (χ1v) is 4.73. The summed E-state index contributed by atoms with van der Waals surface area (Å²) in [6, 6.07) is 0.403. The minimum atomic E-state index is 0.160. The monoisotopic (exact) mass is 189 g/mol. The molecule has 13 heavy (non-hydrogen) atoms. The molecule has 4 heteroatoms. The molecule has 0 saturated carbocycles. The van der Waals surface area contributed by atoms with Crippen LogP contribution in [0.3, 0.4) is 0 Å². The Morgan fingerprint density at radius 1 is 1.62 bits per heavy atom. The minimum absolute atomic E-state index is 0.160. The smallest absolute Gasteiger partial charge is 0.0935 e. The summed E-state index contributed by atoms with van der Waals surface area (Å²) < 4.78 is 10.6. The van der Waals surface area contributed by atoms with E-state index >= 15 is 0 Å². The van der Waals surface area contributed by atoms with Crippen molar-refractivity contribution < 1.29 is 14.6 Å². The van der Waals surface area contributed by atoms with Crippen LogP contribution in [0, 0.1) is 0 Å². The van der Waals surface area contributed by atoms with Crippen molar-refractivity contribution in [3.63, 3.8) is 0 Å². The molecule has 78 valence electrons. The molecule has 1 aliphatic heterocycles. The Morgan fingerprint density at radius 3 is 3.00 bits per heavy atom. The number of methoxy groups -OCH3 is 1. The van der Waals surface area contributed by atoms with E-state index in [0.29, 0.717) is 12.6 Å². The topological polar surface area (TPSA) is 41.9 Å². The van der Waals surface area contributed by atoms with Gasteiger partial charge < -0.3 is 14.6 Å². The van der Waals surface area contributed by atoms with Crippen molar-refractivity contribution in [1.82, 2.24) is 4.90 Å². The Bertz CT molecular complexity index is 143. The van der Waals surface area contributed by atoms with Crippen LogP contribution in [0.5, 0.6) is 0 Å². The molecule has 0 bridgehead atoms. The largest absolute Gasteiger partial charge is 0.395 e. The van der Waals surface area contributed by atoms with Crippen LogP contribution in [0.2, 0.25) is 0 Å². The molecule has 4 nitrogen and oxygen atoms in total. The molecule has 1 heterocycles. The predicted octanol–water partition coefficient (Wildman–Crippen LogP) is -0.286. The van der Waals surface area contributed by atoms with Crippen LogP contribution in [0.4, 0.5) is 0 Å². The van der Waals surface area contributed by atoms with Crippen molar-refractivity contribution in [2.24, 2.45) is 0 Å².